The molecule has 1 fully saturated rings. The first-order valence-corrected chi connectivity index (χ1v) is 7.37. The highest BCUT2D eigenvalue weighted by atomic mass is 32.2. The molecule has 0 bridgehead atoms. The molecule has 0 spiro atoms. The van der Waals surface area contributed by atoms with Gasteiger partial charge < -0.3 is 9.51 Å². The summed E-state index contributed by atoms with van der Waals surface area (Å²) in [5.41, 5.74) is 1.82. The average Bonchev–Trinajstić information content (AvgIpc) is 2.81. The molecule has 1 unspecified atom stereocenters. The van der Waals surface area contributed by atoms with E-state index in [9.17, 15) is 9.90 Å². The number of imidazole rings is 1. The van der Waals surface area contributed by atoms with E-state index in [1.54, 1.807) is 11.8 Å². The minimum atomic E-state index is -0.740. The summed E-state index contributed by atoms with van der Waals surface area (Å²) in [4.78, 5) is 17.8. The number of carboxylic acid groups (broad SMARTS) is 1. The Bertz CT molecular complexity index is 565. The predicted octanol–water partition coefficient (Wildman–Crippen LogP) is 1.34. The van der Waals surface area contributed by atoms with E-state index in [0.29, 0.717) is 12.3 Å². The third-order valence-corrected chi connectivity index (χ3v) is 4.33. The van der Waals surface area contributed by atoms with Gasteiger partial charge in [-0.3, -0.25) is 9.69 Å². The summed E-state index contributed by atoms with van der Waals surface area (Å²) in [6, 6.07) is 5.45. The molecule has 1 saturated heterocycles. The van der Waals surface area contributed by atoms with Crippen LogP contribution >= 0.6 is 11.8 Å². The van der Waals surface area contributed by atoms with Crippen LogP contribution in [0.15, 0.2) is 30.6 Å². The third kappa shape index (κ3) is 2.59. The Kier molecular flexibility index (Phi) is 3.44. The lowest BCUT2D eigenvalue weighted by Gasteiger charge is -2.31. The van der Waals surface area contributed by atoms with Crippen LogP contribution in [0.4, 0.5) is 0 Å². The number of fused-ring (bicyclic) bond motifs is 1. The van der Waals surface area contributed by atoms with Gasteiger partial charge in [0, 0.05) is 37.0 Å². The summed E-state index contributed by atoms with van der Waals surface area (Å²) in [6.45, 7) is 1.40. The van der Waals surface area contributed by atoms with Gasteiger partial charge in [0.2, 0.25) is 0 Å². The molecule has 1 N–H and O–H groups in total. The highest BCUT2D eigenvalue weighted by molar-refractivity contribution is 7.99. The number of thioether (sulfide) groups is 1. The first-order valence-electron chi connectivity index (χ1n) is 6.21. The second kappa shape index (κ2) is 5.22. The van der Waals surface area contributed by atoms with Crippen LogP contribution in [0.5, 0.6) is 0 Å². The van der Waals surface area contributed by atoms with Gasteiger partial charge in [0.05, 0.1) is 5.69 Å². The van der Waals surface area contributed by atoms with Crippen molar-refractivity contribution in [3.05, 3.63) is 36.3 Å². The van der Waals surface area contributed by atoms with E-state index in [1.165, 1.54) is 0 Å². The summed E-state index contributed by atoms with van der Waals surface area (Å²) in [5.74, 6) is 0.899. The Balaban J connectivity index is 1.80. The summed E-state index contributed by atoms with van der Waals surface area (Å²) in [5, 5.41) is 9.25. The quantitative estimate of drug-likeness (QED) is 0.917. The lowest BCUT2D eigenvalue weighted by Crippen LogP contribution is -2.46. The highest BCUT2D eigenvalue weighted by Gasteiger charge is 2.29. The molecule has 0 aromatic carbocycles. The largest absolute Gasteiger partial charge is 0.480 e. The van der Waals surface area contributed by atoms with Crippen molar-refractivity contribution in [1.82, 2.24) is 14.3 Å². The van der Waals surface area contributed by atoms with Crippen LogP contribution in [-0.4, -0.2) is 49.5 Å². The summed E-state index contributed by atoms with van der Waals surface area (Å²) in [6.07, 6.45) is 3.92. The van der Waals surface area contributed by atoms with Crippen LogP contribution in [0.1, 0.15) is 5.69 Å². The van der Waals surface area contributed by atoms with Crippen molar-refractivity contribution in [1.29, 1.82) is 0 Å². The first kappa shape index (κ1) is 12.5. The number of nitrogens with zero attached hydrogens (tertiary/aromatic N) is 3. The minimum Gasteiger partial charge on any atom is -0.480 e. The summed E-state index contributed by atoms with van der Waals surface area (Å²) >= 11 is 1.70. The fraction of sp³-hybridized carbons (Fsp3) is 0.385. The van der Waals surface area contributed by atoms with Gasteiger partial charge in [-0.25, -0.2) is 4.98 Å². The normalized spacial score (nSPS) is 20.7. The van der Waals surface area contributed by atoms with Crippen molar-refractivity contribution in [2.24, 2.45) is 0 Å². The second-order valence-corrected chi connectivity index (χ2v) is 5.75. The number of carboxylic acids is 1. The van der Waals surface area contributed by atoms with Crippen molar-refractivity contribution < 1.29 is 9.90 Å². The van der Waals surface area contributed by atoms with Crippen molar-refractivity contribution in [3.8, 4) is 0 Å². The molecule has 1 atom stereocenters. The number of rotatable bonds is 3. The van der Waals surface area contributed by atoms with Gasteiger partial charge in [-0.1, -0.05) is 6.07 Å². The van der Waals surface area contributed by atoms with Gasteiger partial charge in [-0.15, -0.1) is 0 Å². The molecule has 1 aliphatic rings. The molecule has 0 saturated carbocycles. The molecule has 1 aliphatic heterocycles. The Morgan fingerprint density at radius 1 is 1.53 bits per heavy atom. The van der Waals surface area contributed by atoms with Crippen LogP contribution in [0.2, 0.25) is 0 Å². The third-order valence-electron chi connectivity index (χ3n) is 3.30. The molecule has 100 valence electrons. The molecule has 3 heterocycles. The van der Waals surface area contributed by atoms with Crippen molar-refractivity contribution >= 4 is 23.4 Å². The number of aliphatic carboxylic acids is 1. The number of hydrogen-bond acceptors (Lipinski definition) is 4. The molecule has 3 rings (SSSR count). The maximum atomic E-state index is 11.2. The van der Waals surface area contributed by atoms with E-state index in [1.807, 2.05) is 39.9 Å². The van der Waals surface area contributed by atoms with Gasteiger partial charge in [0.1, 0.15) is 11.7 Å². The van der Waals surface area contributed by atoms with Gasteiger partial charge in [-0.2, -0.15) is 11.8 Å². The lowest BCUT2D eigenvalue weighted by molar-refractivity contribution is -0.142. The van der Waals surface area contributed by atoms with Crippen LogP contribution in [-0.2, 0) is 11.3 Å². The predicted molar refractivity (Wildman–Crippen MR) is 74.4 cm³/mol. The Labute approximate surface area is 115 Å². The zero-order chi connectivity index (χ0) is 13.2. The number of pyridine rings is 1. The summed E-state index contributed by atoms with van der Waals surface area (Å²) in [7, 11) is 0. The minimum absolute atomic E-state index is 0.399. The first-order chi connectivity index (χ1) is 9.24. The molecule has 2 aromatic rings. The Morgan fingerprint density at radius 2 is 2.42 bits per heavy atom. The van der Waals surface area contributed by atoms with Gasteiger partial charge in [0.25, 0.3) is 0 Å². The molecular formula is C13H15N3O2S. The molecule has 0 aliphatic carbocycles. The molecule has 2 aromatic heterocycles. The standard InChI is InChI=1S/C13H15N3O2S/c17-13(18)11-9-19-6-5-15(11)7-10-8-16-4-2-1-3-12(16)14-10/h1-4,8,11H,5-7,9H2,(H,17,18). The van der Waals surface area contributed by atoms with Gasteiger partial charge >= 0.3 is 5.97 Å². The van der Waals surface area contributed by atoms with Crippen molar-refractivity contribution in [2.75, 3.05) is 18.1 Å². The molecule has 19 heavy (non-hydrogen) atoms. The van der Waals surface area contributed by atoms with Crippen molar-refractivity contribution in [3.63, 3.8) is 0 Å². The van der Waals surface area contributed by atoms with E-state index in [-0.39, 0.29) is 0 Å². The maximum absolute atomic E-state index is 11.2. The van der Waals surface area contributed by atoms with E-state index >= 15 is 0 Å². The Morgan fingerprint density at radius 3 is 3.21 bits per heavy atom. The molecular weight excluding hydrogens is 262 g/mol. The average molecular weight is 277 g/mol. The highest BCUT2D eigenvalue weighted by Crippen LogP contribution is 2.19. The molecule has 6 heteroatoms. The summed E-state index contributed by atoms with van der Waals surface area (Å²) < 4.78 is 1.96. The van der Waals surface area contributed by atoms with Gasteiger partial charge in [-0.05, 0) is 12.1 Å². The second-order valence-electron chi connectivity index (χ2n) is 4.60. The number of carbonyl (C=O) groups is 1. The lowest BCUT2D eigenvalue weighted by atomic mass is 10.2. The Hall–Kier alpha value is -1.53. The van der Waals surface area contributed by atoms with Crippen LogP contribution in [0.3, 0.4) is 0 Å². The number of hydrogen-bond donors (Lipinski definition) is 1. The van der Waals surface area contributed by atoms with Crippen LogP contribution < -0.4 is 0 Å². The zero-order valence-corrected chi connectivity index (χ0v) is 11.2. The zero-order valence-electron chi connectivity index (χ0n) is 10.4. The van der Waals surface area contributed by atoms with E-state index < -0.39 is 12.0 Å². The SMILES string of the molecule is O=C(O)C1CSCCN1Cc1cn2ccccc2n1. The van der Waals surface area contributed by atoms with E-state index in [0.717, 1.165) is 23.6 Å². The smallest absolute Gasteiger partial charge is 0.321 e. The van der Waals surface area contributed by atoms with Gasteiger partial charge in [0.15, 0.2) is 0 Å². The van der Waals surface area contributed by atoms with E-state index in [2.05, 4.69) is 4.98 Å². The fourth-order valence-corrected chi connectivity index (χ4v) is 3.43. The van der Waals surface area contributed by atoms with E-state index in [4.69, 9.17) is 0 Å². The topological polar surface area (TPSA) is 57.8 Å². The maximum Gasteiger partial charge on any atom is 0.321 e. The number of aromatic nitrogens is 2. The fourth-order valence-electron chi connectivity index (χ4n) is 2.33. The molecule has 0 amide bonds. The van der Waals surface area contributed by atoms with Crippen LogP contribution in [0, 0.1) is 0 Å². The molecule has 0 radical (unpaired) electrons. The van der Waals surface area contributed by atoms with Crippen molar-refractivity contribution in [2.45, 2.75) is 12.6 Å². The van der Waals surface area contributed by atoms with Crippen LogP contribution in [0.25, 0.3) is 5.65 Å². The molecule has 5 nitrogen and oxygen atoms in total. The monoisotopic (exact) mass is 277 g/mol.